The van der Waals surface area contributed by atoms with Crippen LogP contribution in [0.3, 0.4) is 0 Å². The van der Waals surface area contributed by atoms with E-state index in [1.165, 1.54) is 5.56 Å². The van der Waals surface area contributed by atoms with Gasteiger partial charge in [-0.3, -0.25) is 4.21 Å². The summed E-state index contributed by atoms with van der Waals surface area (Å²) in [5.41, 5.74) is 2.16. The maximum atomic E-state index is 11.4. The number of nitrogens with one attached hydrogen (secondary N) is 1. The average molecular weight is 305 g/mol. The molecule has 0 saturated carbocycles. The van der Waals surface area contributed by atoms with Crippen molar-refractivity contribution >= 4 is 10.8 Å². The van der Waals surface area contributed by atoms with Crippen LogP contribution in [0.5, 0.6) is 0 Å². The van der Waals surface area contributed by atoms with Crippen molar-refractivity contribution in [3.8, 4) is 5.69 Å². The van der Waals surface area contributed by atoms with Gasteiger partial charge < -0.3 is 5.32 Å². The van der Waals surface area contributed by atoms with E-state index in [2.05, 4.69) is 39.9 Å². The van der Waals surface area contributed by atoms with E-state index in [9.17, 15) is 4.21 Å². The normalized spacial score (nSPS) is 23.9. The molecule has 21 heavy (non-hydrogen) atoms. The Balaban J connectivity index is 1.68. The van der Waals surface area contributed by atoms with Gasteiger partial charge in [0.15, 0.2) is 0 Å². The van der Waals surface area contributed by atoms with Gasteiger partial charge in [-0.2, -0.15) is 0 Å². The first-order valence-corrected chi connectivity index (χ1v) is 8.65. The fourth-order valence-corrected chi connectivity index (χ4v) is 3.93. The quantitative estimate of drug-likeness (QED) is 0.919. The highest BCUT2D eigenvalue weighted by Crippen LogP contribution is 2.19. The van der Waals surface area contributed by atoms with Crippen LogP contribution in [0.25, 0.3) is 5.69 Å². The van der Waals surface area contributed by atoms with Gasteiger partial charge in [-0.25, -0.2) is 4.68 Å². The van der Waals surface area contributed by atoms with E-state index >= 15 is 0 Å². The Morgan fingerprint density at radius 2 is 2.19 bits per heavy atom. The molecule has 1 atom stereocenters. The monoisotopic (exact) mass is 305 g/mol. The van der Waals surface area contributed by atoms with Crippen LogP contribution in [0.1, 0.15) is 31.4 Å². The molecule has 1 aromatic heterocycles. The van der Waals surface area contributed by atoms with Crippen LogP contribution in [0.4, 0.5) is 0 Å². The molecule has 1 saturated heterocycles. The molecule has 7 heteroatoms. The lowest BCUT2D eigenvalue weighted by atomic mass is 10.0. The van der Waals surface area contributed by atoms with Crippen LogP contribution in [-0.4, -0.2) is 42.0 Å². The predicted octanol–water partition coefficient (Wildman–Crippen LogP) is 1.22. The maximum absolute atomic E-state index is 11.4. The second kappa shape index (κ2) is 6.44. The standard InChI is InChI=1S/C14H19N5OS/c1-11(16-13-5-7-21(20)8-6-13)12-3-2-4-14(9-12)19-10-15-17-18-19/h2-4,9-11,13,16H,5-8H2,1H3. The molecule has 0 spiro atoms. The topological polar surface area (TPSA) is 72.7 Å². The van der Waals surface area contributed by atoms with Gasteiger partial charge in [-0.1, -0.05) is 12.1 Å². The Bertz CT molecular complexity index is 606. The van der Waals surface area contributed by atoms with E-state index in [4.69, 9.17) is 0 Å². The van der Waals surface area contributed by atoms with Gasteiger partial charge in [0, 0.05) is 34.4 Å². The first-order valence-electron chi connectivity index (χ1n) is 7.17. The van der Waals surface area contributed by atoms with Crippen molar-refractivity contribution in [3.63, 3.8) is 0 Å². The summed E-state index contributed by atoms with van der Waals surface area (Å²) in [5.74, 6) is 1.63. The van der Waals surface area contributed by atoms with Gasteiger partial charge in [0.05, 0.1) is 5.69 Å². The molecule has 0 bridgehead atoms. The van der Waals surface area contributed by atoms with Crippen molar-refractivity contribution in [2.45, 2.75) is 31.8 Å². The molecule has 0 amide bonds. The third-order valence-corrected chi connectivity index (χ3v) is 5.24. The van der Waals surface area contributed by atoms with Crippen LogP contribution < -0.4 is 5.32 Å². The van der Waals surface area contributed by atoms with Gasteiger partial charge >= 0.3 is 0 Å². The molecule has 1 aliphatic rings. The summed E-state index contributed by atoms with van der Waals surface area (Å²) in [6, 6.07) is 8.89. The van der Waals surface area contributed by atoms with Crippen molar-refractivity contribution < 1.29 is 4.21 Å². The number of rotatable bonds is 4. The molecule has 1 aliphatic heterocycles. The number of hydrogen-bond acceptors (Lipinski definition) is 5. The number of hydrogen-bond donors (Lipinski definition) is 1. The van der Waals surface area contributed by atoms with Crippen molar-refractivity contribution in [2.24, 2.45) is 0 Å². The second-order valence-electron chi connectivity index (χ2n) is 5.36. The van der Waals surface area contributed by atoms with Crippen molar-refractivity contribution in [1.82, 2.24) is 25.5 Å². The molecule has 3 rings (SSSR count). The first kappa shape index (κ1) is 14.3. The van der Waals surface area contributed by atoms with Crippen molar-refractivity contribution in [1.29, 1.82) is 0 Å². The lowest BCUT2D eigenvalue weighted by molar-refractivity contribution is 0.427. The summed E-state index contributed by atoms with van der Waals surface area (Å²) in [6.07, 6.45) is 3.57. The Hall–Kier alpha value is -1.60. The highest BCUT2D eigenvalue weighted by molar-refractivity contribution is 7.85. The second-order valence-corrected chi connectivity index (χ2v) is 7.06. The molecule has 112 valence electrons. The van der Waals surface area contributed by atoms with Crippen molar-refractivity contribution in [3.05, 3.63) is 36.2 Å². The molecule has 1 aromatic carbocycles. The van der Waals surface area contributed by atoms with Crippen LogP contribution in [0.2, 0.25) is 0 Å². The lowest BCUT2D eigenvalue weighted by Gasteiger charge is -2.26. The Morgan fingerprint density at radius 1 is 1.38 bits per heavy atom. The number of aromatic nitrogens is 4. The Kier molecular flexibility index (Phi) is 4.40. The van der Waals surface area contributed by atoms with Gasteiger partial charge in [-0.05, 0) is 47.9 Å². The van der Waals surface area contributed by atoms with E-state index in [0.29, 0.717) is 6.04 Å². The summed E-state index contributed by atoms with van der Waals surface area (Å²) in [6.45, 7) is 2.16. The zero-order valence-electron chi connectivity index (χ0n) is 12.0. The summed E-state index contributed by atoms with van der Waals surface area (Å²) >= 11 is 0. The minimum absolute atomic E-state index is 0.248. The highest BCUT2D eigenvalue weighted by Gasteiger charge is 2.19. The molecule has 0 radical (unpaired) electrons. The largest absolute Gasteiger partial charge is 0.307 e. The number of tetrazole rings is 1. The molecule has 2 heterocycles. The maximum Gasteiger partial charge on any atom is 0.143 e. The molecular formula is C14H19N5OS. The number of benzene rings is 1. The summed E-state index contributed by atoms with van der Waals surface area (Å²) in [5, 5.41) is 14.9. The third kappa shape index (κ3) is 3.54. The zero-order valence-corrected chi connectivity index (χ0v) is 12.8. The minimum atomic E-state index is -0.610. The third-order valence-electron chi connectivity index (χ3n) is 3.86. The van der Waals surface area contributed by atoms with Crippen LogP contribution in [0.15, 0.2) is 30.6 Å². The molecule has 0 aliphatic carbocycles. The fourth-order valence-electron chi connectivity index (χ4n) is 2.63. The van der Waals surface area contributed by atoms with E-state index in [1.807, 2.05) is 12.1 Å². The SMILES string of the molecule is CC(NC1CCS(=O)CC1)c1cccc(-n2cnnn2)c1. The fraction of sp³-hybridized carbons (Fsp3) is 0.500. The Labute approximate surface area is 126 Å². The van der Waals surface area contributed by atoms with Crippen LogP contribution in [-0.2, 0) is 10.8 Å². The first-order chi connectivity index (χ1) is 10.2. The van der Waals surface area contributed by atoms with E-state index < -0.39 is 10.8 Å². The smallest absolute Gasteiger partial charge is 0.143 e. The molecule has 2 aromatic rings. The molecule has 6 nitrogen and oxygen atoms in total. The average Bonchev–Trinajstić information content (AvgIpc) is 3.04. The molecular weight excluding hydrogens is 286 g/mol. The Morgan fingerprint density at radius 3 is 2.90 bits per heavy atom. The highest BCUT2D eigenvalue weighted by atomic mass is 32.2. The molecule has 1 fully saturated rings. The summed E-state index contributed by atoms with van der Waals surface area (Å²) in [7, 11) is -0.610. The van der Waals surface area contributed by atoms with Crippen LogP contribution in [0, 0.1) is 0 Å². The lowest BCUT2D eigenvalue weighted by Crippen LogP contribution is -2.37. The van der Waals surface area contributed by atoms with E-state index in [-0.39, 0.29) is 6.04 Å². The molecule has 1 N–H and O–H groups in total. The summed E-state index contributed by atoms with van der Waals surface area (Å²) < 4.78 is 13.1. The van der Waals surface area contributed by atoms with E-state index in [0.717, 1.165) is 30.0 Å². The summed E-state index contributed by atoms with van der Waals surface area (Å²) in [4.78, 5) is 0. The van der Waals surface area contributed by atoms with Gasteiger partial charge in [0.2, 0.25) is 0 Å². The predicted molar refractivity (Wildman–Crippen MR) is 81.6 cm³/mol. The van der Waals surface area contributed by atoms with Gasteiger partial charge in [0.1, 0.15) is 6.33 Å². The van der Waals surface area contributed by atoms with Crippen LogP contribution >= 0.6 is 0 Å². The van der Waals surface area contributed by atoms with Crippen molar-refractivity contribution in [2.75, 3.05) is 11.5 Å². The molecule has 1 unspecified atom stereocenters. The number of nitrogens with zero attached hydrogens (tertiary/aromatic N) is 4. The zero-order chi connectivity index (χ0) is 14.7. The van der Waals surface area contributed by atoms with Gasteiger partial charge in [-0.15, -0.1) is 5.10 Å². The van der Waals surface area contributed by atoms with E-state index in [1.54, 1.807) is 11.0 Å². The minimum Gasteiger partial charge on any atom is -0.307 e. The van der Waals surface area contributed by atoms with Gasteiger partial charge in [0.25, 0.3) is 0 Å².